The zero-order valence-electron chi connectivity index (χ0n) is 17.7. The molecule has 2 atom stereocenters. The van der Waals surface area contributed by atoms with Gasteiger partial charge in [-0.1, -0.05) is 48.8 Å². The first kappa shape index (κ1) is 22.0. The minimum atomic E-state index is -0.632. The molecule has 4 rings (SSSR count). The normalized spacial score (nSPS) is 18.7. The quantitative estimate of drug-likeness (QED) is 0.596. The molecule has 2 unspecified atom stereocenters. The number of nitrogens with one attached hydrogen (secondary N) is 1. The van der Waals surface area contributed by atoms with Crippen LogP contribution in [0.4, 0.5) is 4.39 Å². The first-order valence-corrected chi connectivity index (χ1v) is 10.8. The van der Waals surface area contributed by atoms with Crippen LogP contribution in [0.3, 0.4) is 0 Å². The molecule has 0 aliphatic carbocycles. The van der Waals surface area contributed by atoms with Crippen LogP contribution in [0.25, 0.3) is 11.3 Å². The summed E-state index contributed by atoms with van der Waals surface area (Å²) in [5, 5.41) is 7.45. The smallest absolute Gasteiger partial charge is 0.276 e. The van der Waals surface area contributed by atoms with Crippen LogP contribution in [-0.4, -0.2) is 34.5 Å². The van der Waals surface area contributed by atoms with Crippen LogP contribution in [0.2, 0.25) is 5.02 Å². The molecule has 0 bridgehead atoms. The number of nitrogens with zero attached hydrogens (tertiary/aromatic N) is 2. The molecule has 1 N–H and O–H groups in total. The Hall–Kier alpha value is -3.19. The number of benzene rings is 2. The number of amides is 2. The zero-order valence-corrected chi connectivity index (χ0v) is 18.5. The molecule has 2 aromatic carbocycles. The van der Waals surface area contributed by atoms with Gasteiger partial charge in [-0.05, 0) is 48.2 Å². The molecule has 0 radical (unpaired) electrons. The molecule has 1 aliphatic rings. The van der Waals surface area contributed by atoms with Crippen molar-refractivity contribution < 1.29 is 18.5 Å². The second-order valence-corrected chi connectivity index (χ2v) is 8.68. The average Bonchev–Trinajstić information content (AvgIpc) is 3.25. The highest BCUT2D eigenvalue weighted by Gasteiger charge is 2.39. The largest absolute Gasteiger partial charge is 0.355 e. The van der Waals surface area contributed by atoms with E-state index in [1.165, 1.54) is 18.2 Å². The predicted octanol–water partition coefficient (Wildman–Crippen LogP) is 4.86. The van der Waals surface area contributed by atoms with Gasteiger partial charge in [0.1, 0.15) is 11.9 Å². The van der Waals surface area contributed by atoms with E-state index in [-0.39, 0.29) is 29.9 Å². The lowest BCUT2D eigenvalue weighted by molar-refractivity contribution is -0.130. The Bertz CT molecular complexity index is 1130. The van der Waals surface area contributed by atoms with Crippen LogP contribution in [0.5, 0.6) is 0 Å². The number of carbonyl (C=O) groups excluding carboxylic acids is 2. The molecular formula is C24H23ClFN3O3. The van der Waals surface area contributed by atoms with Crippen LogP contribution in [0.1, 0.15) is 42.4 Å². The second-order valence-electron chi connectivity index (χ2n) is 8.27. The lowest BCUT2D eigenvalue weighted by Crippen LogP contribution is -2.58. The third kappa shape index (κ3) is 4.53. The van der Waals surface area contributed by atoms with Crippen LogP contribution in [-0.2, 0) is 4.79 Å². The van der Waals surface area contributed by atoms with Gasteiger partial charge in [-0.25, -0.2) is 4.39 Å². The van der Waals surface area contributed by atoms with Gasteiger partial charge in [0.05, 0.1) is 6.04 Å². The third-order valence-electron chi connectivity index (χ3n) is 5.47. The average molecular weight is 456 g/mol. The first-order chi connectivity index (χ1) is 15.3. The molecule has 0 saturated carbocycles. The molecule has 1 fully saturated rings. The molecule has 1 aliphatic heterocycles. The van der Waals surface area contributed by atoms with E-state index in [9.17, 15) is 14.0 Å². The summed E-state index contributed by atoms with van der Waals surface area (Å²) in [6, 6.07) is 13.4. The summed E-state index contributed by atoms with van der Waals surface area (Å²) in [5.74, 6) is -0.459. The molecule has 32 heavy (non-hydrogen) atoms. The Morgan fingerprint density at radius 3 is 2.66 bits per heavy atom. The fourth-order valence-electron chi connectivity index (χ4n) is 3.89. The fourth-order valence-corrected chi connectivity index (χ4v) is 4.16. The number of halogens is 2. The lowest BCUT2D eigenvalue weighted by Gasteiger charge is -2.40. The summed E-state index contributed by atoms with van der Waals surface area (Å²) in [6.45, 7) is 4.25. The molecule has 8 heteroatoms. The van der Waals surface area contributed by atoms with E-state index in [2.05, 4.69) is 10.5 Å². The highest BCUT2D eigenvalue weighted by Crippen LogP contribution is 2.30. The number of carbonyl (C=O) groups is 2. The van der Waals surface area contributed by atoms with Gasteiger partial charge in [0.2, 0.25) is 5.91 Å². The summed E-state index contributed by atoms with van der Waals surface area (Å²) in [5.41, 5.74) is 1.43. The van der Waals surface area contributed by atoms with Gasteiger partial charge in [-0.3, -0.25) is 9.59 Å². The summed E-state index contributed by atoms with van der Waals surface area (Å²) in [6.07, 6.45) is 0.509. The molecule has 1 saturated heterocycles. The Morgan fingerprint density at radius 2 is 1.97 bits per heavy atom. The highest BCUT2D eigenvalue weighted by molar-refractivity contribution is 6.31. The topological polar surface area (TPSA) is 75.4 Å². The molecule has 166 valence electrons. The van der Waals surface area contributed by atoms with Gasteiger partial charge >= 0.3 is 0 Å². The van der Waals surface area contributed by atoms with Crippen LogP contribution >= 0.6 is 11.6 Å². The molecule has 1 aromatic heterocycles. The van der Waals surface area contributed by atoms with Crippen LogP contribution < -0.4 is 5.32 Å². The minimum Gasteiger partial charge on any atom is -0.355 e. The Kier molecular flexibility index (Phi) is 6.28. The Morgan fingerprint density at radius 1 is 1.25 bits per heavy atom. The van der Waals surface area contributed by atoms with Gasteiger partial charge in [0.25, 0.3) is 5.91 Å². The van der Waals surface area contributed by atoms with Crippen molar-refractivity contribution in [2.45, 2.75) is 32.4 Å². The van der Waals surface area contributed by atoms with E-state index in [1.807, 2.05) is 32.0 Å². The van der Waals surface area contributed by atoms with E-state index >= 15 is 0 Å². The highest BCUT2D eigenvalue weighted by atomic mass is 35.5. The molecule has 2 heterocycles. The van der Waals surface area contributed by atoms with Crippen molar-refractivity contribution >= 4 is 23.4 Å². The first-order valence-electron chi connectivity index (χ1n) is 10.4. The van der Waals surface area contributed by atoms with Gasteiger partial charge in [-0.15, -0.1) is 0 Å². The van der Waals surface area contributed by atoms with E-state index < -0.39 is 18.0 Å². The van der Waals surface area contributed by atoms with E-state index in [0.29, 0.717) is 22.8 Å². The summed E-state index contributed by atoms with van der Waals surface area (Å²) < 4.78 is 18.5. The van der Waals surface area contributed by atoms with Crippen molar-refractivity contribution in [1.82, 2.24) is 15.4 Å². The van der Waals surface area contributed by atoms with Gasteiger partial charge in [0, 0.05) is 23.2 Å². The number of rotatable bonds is 5. The molecular weight excluding hydrogens is 433 g/mol. The third-order valence-corrected chi connectivity index (χ3v) is 5.81. The fraction of sp³-hybridized carbons (Fsp3) is 0.292. The summed E-state index contributed by atoms with van der Waals surface area (Å²) in [4.78, 5) is 28.0. The maximum atomic E-state index is 13.4. The molecule has 0 spiro atoms. The molecule has 6 nitrogen and oxygen atoms in total. The number of hydrogen-bond donors (Lipinski definition) is 1. The van der Waals surface area contributed by atoms with Gasteiger partial charge in [-0.2, -0.15) is 0 Å². The Labute approximate surface area is 190 Å². The van der Waals surface area contributed by atoms with Crippen molar-refractivity contribution in [3.63, 3.8) is 0 Å². The number of aromatic nitrogens is 1. The zero-order chi connectivity index (χ0) is 22.8. The van der Waals surface area contributed by atoms with E-state index in [4.69, 9.17) is 16.1 Å². The maximum Gasteiger partial charge on any atom is 0.276 e. The van der Waals surface area contributed by atoms with Crippen LogP contribution in [0.15, 0.2) is 59.1 Å². The summed E-state index contributed by atoms with van der Waals surface area (Å²) >= 11 is 6.34. The lowest BCUT2D eigenvalue weighted by atomic mass is 9.95. The monoisotopic (exact) mass is 455 g/mol. The summed E-state index contributed by atoms with van der Waals surface area (Å²) in [7, 11) is 0. The van der Waals surface area contributed by atoms with E-state index in [0.717, 1.165) is 5.56 Å². The number of piperazine rings is 1. The van der Waals surface area contributed by atoms with E-state index in [1.54, 1.807) is 23.1 Å². The van der Waals surface area contributed by atoms with Crippen molar-refractivity contribution in [3.05, 3.63) is 76.7 Å². The number of hydrogen-bond acceptors (Lipinski definition) is 4. The van der Waals surface area contributed by atoms with Crippen molar-refractivity contribution in [3.8, 4) is 11.3 Å². The second kappa shape index (κ2) is 9.12. The maximum absolute atomic E-state index is 13.4. The van der Waals surface area contributed by atoms with Gasteiger partial charge in [0.15, 0.2) is 11.5 Å². The van der Waals surface area contributed by atoms with Crippen molar-refractivity contribution in [2.75, 3.05) is 6.54 Å². The Balaban J connectivity index is 1.64. The van der Waals surface area contributed by atoms with Crippen molar-refractivity contribution in [1.29, 1.82) is 0 Å². The van der Waals surface area contributed by atoms with Crippen molar-refractivity contribution in [2.24, 2.45) is 5.92 Å². The SMILES string of the molecule is CC(C)CC1C(=O)NC(c2ccccc2Cl)CN1C(=O)c1cc(-c2ccc(F)cc2)on1. The minimum absolute atomic E-state index is 0.0886. The standard InChI is InChI=1S/C24H23ClFN3O3/c1-14(2)11-21-23(30)27-20(17-5-3-4-6-18(17)25)13-29(21)24(31)19-12-22(32-28-19)15-7-9-16(26)10-8-15/h3-10,12,14,20-21H,11,13H2,1-2H3,(H,27,30). The predicted molar refractivity (Wildman–Crippen MR) is 119 cm³/mol. The van der Waals surface area contributed by atoms with Crippen LogP contribution in [0, 0.1) is 11.7 Å². The molecule has 3 aromatic rings. The van der Waals surface area contributed by atoms with Gasteiger partial charge < -0.3 is 14.7 Å². The molecule has 2 amide bonds.